The van der Waals surface area contributed by atoms with Crippen LogP contribution >= 0.6 is 31.9 Å². The minimum absolute atomic E-state index is 0.325. The second kappa shape index (κ2) is 4.21. The molecule has 1 aromatic carbocycles. The minimum Gasteiger partial charge on any atom is -0.369 e. The number of anilines is 1. The summed E-state index contributed by atoms with van der Waals surface area (Å²) in [7, 11) is 0. The quantitative estimate of drug-likeness (QED) is 0.862. The van der Waals surface area contributed by atoms with Crippen molar-refractivity contribution in [2.45, 2.75) is 12.5 Å². The van der Waals surface area contributed by atoms with E-state index in [0.29, 0.717) is 6.04 Å². The van der Waals surface area contributed by atoms with Crippen molar-refractivity contribution in [3.63, 3.8) is 0 Å². The number of rotatable bonds is 1. The normalized spacial score (nSPS) is 21.6. The van der Waals surface area contributed by atoms with E-state index in [-0.39, 0.29) is 0 Å². The summed E-state index contributed by atoms with van der Waals surface area (Å²) in [5, 5.41) is 0. The third-order valence-electron chi connectivity index (χ3n) is 2.48. The molecule has 0 radical (unpaired) electrons. The number of nitrogens with two attached hydrogens (primary N) is 1. The van der Waals surface area contributed by atoms with Gasteiger partial charge >= 0.3 is 0 Å². The fourth-order valence-electron chi connectivity index (χ4n) is 1.74. The predicted octanol–water partition coefficient (Wildman–Crippen LogP) is 2.75. The van der Waals surface area contributed by atoms with Gasteiger partial charge in [-0.2, -0.15) is 0 Å². The zero-order valence-corrected chi connectivity index (χ0v) is 10.9. The maximum atomic E-state index is 5.88. The third kappa shape index (κ3) is 2.12. The van der Waals surface area contributed by atoms with Crippen molar-refractivity contribution in [3.05, 3.63) is 27.1 Å². The van der Waals surface area contributed by atoms with Crippen molar-refractivity contribution >= 4 is 37.5 Å². The highest BCUT2D eigenvalue weighted by Gasteiger charge is 2.20. The molecule has 1 aromatic rings. The zero-order chi connectivity index (χ0) is 10.1. The molecule has 1 saturated heterocycles. The molecule has 1 aliphatic heterocycles. The molecule has 0 saturated carbocycles. The molecule has 76 valence electrons. The van der Waals surface area contributed by atoms with Gasteiger partial charge in [0, 0.05) is 28.1 Å². The van der Waals surface area contributed by atoms with Crippen LogP contribution in [0.1, 0.15) is 6.42 Å². The SMILES string of the molecule is NC1CCN(c2ccc(Br)cc2Br)C1. The van der Waals surface area contributed by atoms with Crippen molar-refractivity contribution in [1.82, 2.24) is 0 Å². The summed E-state index contributed by atoms with van der Waals surface area (Å²) in [6.07, 6.45) is 1.09. The average Bonchev–Trinajstić information content (AvgIpc) is 2.51. The molecule has 1 unspecified atom stereocenters. The lowest BCUT2D eigenvalue weighted by Gasteiger charge is -2.19. The van der Waals surface area contributed by atoms with Crippen LogP contribution in [0, 0.1) is 0 Å². The summed E-state index contributed by atoms with van der Waals surface area (Å²) in [6, 6.07) is 6.57. The van der Waals surface area contributed by atoms with Gasteiger partial charge in [-0.1, -0.05) is 15.9 Å². The van der Waals surface area contributed by atoms with Gasteiger partial charge in [0.15, 0.2) is 0 Å². The summed E-state index contributed by atoms with van der Waals surface area (Å²) in [5.74, 6) is 0. The van der Waals surface area contributed by atoms with E-state index in [2.05, 4.69) is 55.0 Å². The number of hydrogen-bond acceptors (Lipinski definition) is 2. The molecular formula is C10H12Br2N2. The Balaban J connectivity index is 2.24. The zero-order valence-electron chi connectivity index (χ0n) is 7.71. The minimum atomic E-state index is 0.325. The van der Waals surface area contributed by atoms with Gasteiger partial charge in [0.1, 0.15) is 0 Å². The van der Waals surface area contributed by atoms with E-state index in [1.54, 1.807) is 0 Å². The van der Waals surface area contributed by atoms with E-state index >= 15 is 0 Å². The van der Waals surface area contributed by atoms with E-state index in [4.69, 9.17) is 5.73 Å². The van der Waals surface area contributed by atoms with E-state index in [0.717, 1.165) is 28.5 Å². The van der Waals surface area contributed by atoms with Gasteiger partial charge in [0.25, 0.3) is 0 Å². The van der Waals surface area contributed by atoms with Crippen LogP contribution in [-0.4, -0.2) is 19.1 Å². The summed E-state index contributed by atoms with van der Waals surface area (Å²) in [4.78, 5) is 2.32. The van der Waals surface area contributed by atoms with E-state index < -0.39 is 0 Å². The Morgan fingerprint density at radius 2 is 2.14 bits per heavy atom. The van der Waals surface area contributed by atoms with Crippen molar-refractivity contribution < 1.29 is 0 Å². The molecule has 0 bridgehead atoms. The van der Waals surface area contributed by atoms with Crippen LogP contribution in [0.15, 0.2) is 27.1 Å². The average molecular weight is 320 g/mol. The summed E-state index contributed by atoms with van der Waals surface area (Å²) >= 11 is 7.01. The highest BCUT2D eigenvalue weighted by atomic mass is 79.9. The Hall–Kier alpha value is -0.0600. The Kier molecular flexibility index (Phi) is 3.14. The van der Waals surface area contributed by atoms with Gasteiger partial charge in [0.05, 0.1) is 5.69 Å². The Morgan fingerprint density at radius 1 is 1.36 bits per heavy atom. The number of hydrogen-bond donors (Lipinski definition) is 1. The van der Waals surface area contributed by atoms with Crippen LogP contribution in [0.4, 0.5) is 5.69 Å². The standard InChI is InChI=1S/C10H12Br2N2/c11-7-1-2-10(9(12)5-7)14-4-3-8(13)6-14/h1-2,5,8H,3-4,6,13H2. The van der Waals surface area contributed by atoms with Crippen LogP contribution in [0.2, 0.25) is 0 Å². The second-order valence-electron chi connectivity index (χ2n) is 3.59. The van der Waals surface area contributed by atoms with Crippen molar-refractivity contribution in [1.29, 1.82) is 0 Å². The summed E-state index contributed by atoms with van der Waals surface area (Å²) < 4.78 is 2.22. The molecule has 2 N–H and O–H groups in total. The van der Waals surface area contributed by atoms with Crippen LogP contribution in [-0.2, 0) is 0 Å². The predicted molar refractivity (Wildman–Crippen MR) is 66.6 cm³/mol. The Labute approximate surface area is 101 Å². The van der Waals surface area contributed by atoms with E-state index in [1.807, 2.05) is 0 Å². The molecule has 0 spiro atoms. The van der Waals surface area contributed by atoms with Crippen LogP contribution in [0.5, 0.6) is 0 Å². The largest absolute Gasteiger partial charge is 0.369 e. The lowest BCUT2D eigenvalue weighted by atomic mass is 10.3. The van der Waals surface area contributed by atoms with E-state index in [1.165, 1.54) is 5.69 Å². The Morgan fingerprint density at radius 3 is 2.71 bits per heavy atom. The molecule has 1 heterocycles. The monoisotopic (exact) mass is 318 g/mol. The molecule has 2 nitrogen and oxygen atoms in total. The third-order valence-corrected chi connectivity index (χ3v) is 3.60. The Bertz CT molecular complexity index is 341. The first kappa shape index (κ1) is 10.5. The highest BCUT2D eigenvalue weighted by molar-refractivity contribution is 9.11. The molecule has 4 heteroatoms. The molecule has 0 amide bonds. The fourth-order valence-corrected chi connectivity index (χ4v) is 3.04. The van der Waals surface area contributed by atoms with Crippen molar-refractivity contribution in [2.24, 2.45) is 5.73 Å². The van der Waals surface area contributed by atoms with Crippen LogP contribution in [0.25, 0.3) is 0 Å². The molecule has 14 heavy (non-hydrogen) atoms. The lowest BCUT2D eigenvalue weighted by molar-refractivity contribution is 0.752. The first-order chi connectivity index (χ1) is 6.66. The van der Waals surface area contributed by atoms with Gasteiger partial charge in [-0.05, 0) is 40.5 Å². The maximum Gasteiger partial charge on any atom is 0.0511 e. The summed E-state index contributed by atoms with van der Waals surface area (Å²) in [6.45, 7) is 2.02. The second-order valence-corrected chi connectivity index (χ2v) is 5.36. The van der Waals surface area contributed by atoms with Crippen molar-refractivity contribution in [3.8, 4) is 0 Å². The molecular weight excluding hydrogens is 308 g/mol. The number of benzene rings is 1. The first-order valence-electron chi connectivity index (χ1n) is 4.62. The molecule has 1 atom stereocenters. The van der Waals surface area contributed by atoms with Crippen LogP contribution < -0.4 is 10.6 Å². The molecule has 2 rings (SSSR count). The fraction of sp³-hybridized carbons (Fsp3) is 0.400. The van der Waals surface area contributed by atoms with Gasteiger partial charge in [0.2, 0.25) is 0 Å². The van der Waals surface area contributed by atoms with Crippen LogP contribution in [0.3, 0.4) is 0 Å². The van der Waals surface area contributed by atoms with Gasteiger partial charge in [-0.15, -0.1) is 0 Å². The van der Waals surface area contributed by atoms with E-state index in [9.17, 15) is 0 Å². The topological polar surface area (TPSA) is 29.3 Å². The molecule has 0 aromatic heterocycles. The number of nitrogens with zero attached hydrogens (tertiary/aromatic N) is 1. The van der Waals surface area contributed by atoms with Gasteiger partial charge in [-0.3, -0.25) is 0 Å². The highest BCUT2D eigenvalue weighted by Crippen LogP contribution is 2.31. The smallest absolute Gasteiger partial charge is 0.0511 e. The molecule has 1 aliphatic rings. The molecule has 1 fully saturated rings. The van der Waals surface area contributed by atoms with Gasteiger partial charge < -0.3 is 10.6 Å². The van der Waals surface area contributed by atoms with Crippen molar-refractivity contribution in [2.75, 3.05) is 18.0 Å². The lowest BCUT2D eigenvalue weighted by Crippen LogP contribution is -2.26. The summed E-state index contributed by atoms with van der Waals surface area (Å²) in [5.41, 5.74) is 7.11. The van der Waals surface area contributed by atoms with Gasteiger partial charge in [-0.25, -0.2) is 0 Å². The number of halogens is 2. The maximum absolute atomic E-state index is 5.88. The molecule has 0 aliphatic carbocycles. The first-order valence-corrected chi connectivity index (χ1v) is 6.21.